The Labute approximate surface area is 418 Å². The largest absolute Gasteiger partial charge is 0.407 e. The Kier molecular flexibility index (Phi) is 13.8. The van der Waals surface area contributed by atoms with Gasteiger partial charge in [0.1, 0.15) is 35.2 Å². The van der Waals surface area contributed by atoms with Gasteiger partial charge in [-0.2, -0.15) is 0 Å². The van der Waals surface area contributed by atoms with E-state index >= 15 is 0 Å². The Balaban J connectivity index is 0.000000179. The van der Waals surface area contributed by atoms with Gasteiger partial charge >= 0.3 is 0 Å². The number of benzene rings is 2. The van der Waals surface area contributed by atoms with Gasteiger partial charge in [-0.3, -0.25) is 0 Å². The van der Waals surface area contributed by atoms with Gasteiger partial charge in [0.05, 0.1) is 25.6 Å². The molecule has 374 valence electrons. The second-order valence-corrected chi connectivity index (χ2v) is 29.7. The Bertz CT molecular complexity index is 3220. The summed E-state index contributed by atoms with van der Waals surface area (Å²) < 4.78 is 71.4. The van der Waals surface area contributed by atoms with E-state index in [0.717, 1.165) is 39.5 Å². The molecule has 71 heavy (non-hydrogen) atoms. The predicted molar refractivity (Wildman–Crippen MR) is 271 cm³/mol. The van der Waals surface area contributed by atoms with Crippen LogP contribution in [0.1, 0.15) is 81.0 Å². The molecule has 2 saturated heterocycles. The van der Waals surface area contributed by atoms with Crippen molar-refractivity contribution in [1.82, 2.24) is 38.0 Å². The van der Waals surface area contributed by atoms with E-state index in [1.807, 2.05) is 71.4 Å². The van der Waals surface area contributed by atoms with Crippen LogP contribution in [-0.4, -0.2) is 107 Å². The SMILES string of the molecule is C[C@H](O)c1nccn1Cc1cc(-c2ccc(C#CC3[C@H]4CN(S(C)(=O)=O)C[C@@H]34)cc2)on1.C[C@H](O[Si](C)(C)C(C)(C)C)c1nccn1Cc1cc(-c2ccc(C#CC3[C@H]4CN(S(C)(=O)=O)C[C@@H]34)cc2)on1. The third-order valence-corrected chi connectivity index (χ3v) is 21.7. The first-order chi connectivity index (χ1) is 33.5. The molecule has 0 spiro atoms. The van der Waals surface area contributed by atoms with Gasteiger partial charge in [-0.25, -0.2) is 35.4 Å². The maximum atomic E-state index is 11.7. The molecule has 6 heterocycles. The molecule has 6 aromatic rings. The quantitative estimate of drug-likeness (QED) is 0.0953. The van der Waals surface area contributed by atoms with Crippen LogP contribution in [0.25, 0.3) is 22.6 Å². The van der Waals surface area contributed by atoms with Crippen LogP contribution < -0.4 is 0 Å². The zero-order valence-electron chi connectivity index (χ0n) is 41.6. The minimum absolute atomic E-state index is 0.116. The Morgan fingerprint density at radius 2 is 1.08 bits per heavy atom. The lowest BCUT2D eigenvalue weighted by atomic mass is 10.1. The van der Waals surface area contributed by atoms with Crippen molar-refractivity contribution < 1.29 is 35.4 Å². The van der Waals surface area contributed by atoms with Crippen molar-refractivity contribution in [3.8, 4) is 46.3 Å². The van der Waals surface area contributed by atoms with Gasteiger partial charge in [0, 0.05) is 97.2 Å². The maximum absolute atomic E-state index is 11.7. The molecule has 0 bridgehead atoms. The van der Waals surface area contributed by atoms with E-state index in [2.05, 4.69) is 89.3 Å². The smallest absolute Gasteiger partial charge is 0.211 e. The molecule has 10 rings (SSSR count). The molecule has 4 fully saturated rings. The van der Waals surface area contributed by atoms with Gasteiger partial charge in [-0.1, -0.05) is 54.8 Å². The lowest BCUT2D eigenvalue weighted by Crippen LogP contribution is -2.41. The van der Waals surface area contributed by atoms with E-state index in [1.165, 1.54) is 12.5 Å². The molecule has 19 heteroatoms. The monoisotopic (exact) mass is 1020 g/mol. The van der Waals surface area contributed by atoms with Crippen LogP contribution in [0.2, 0.25) is 18.1 Å². The normalized spacial score (nSPS) is 22.8. The highest BCUT2D eigenvalue weighted by atomic mass is 32.2. The third-order valence-electron chi connectivity index (χ3n) is 14.7. The summed E-state index contributed by atoms with van der Waals surface area (Å²) in [5.41, 5.74) is 5.25. The number of aromatic nitrogens is 6. The molecule has 16 nitrogen and oxygen atoms in total. The first kappa shape index (κ1) is 50.3. The zero-order chi connectivity index (χ0) is 50.6. The number of hydrogen-bond donors (Lipinski definition) is 1. The number of hydrogen-bond acceptors (Lipinski definition) is 12. The number of rotatable bonds is 12. The van der Waals surface area contributed by atoms with Crippen molar-refractivity contribution >= 4 is 28.4 Å². The fourth-order valence-electron chi connectivity index (χ4n) is 9.41. The fraction of sp³-hybridized carbons (Fsp3) is 0.462. The molecule has 1 N–H and O–H groups in total. The number of imidazole rings is 2. The molecule has 4 aliphatic rings. The first-order valence-electron chi connectivity index (χ1n) is 24.0. The van der Waals surface area contributed by atoms with Crippen LogP contribution in [0.3, 0.4) is 0 Å². The van der Waals surface area contributed by atoms with Crippen molar-refractivity contribution in [3.05, 3.63) is 120 Å². The predicted octanol–water partition coefficient (Wildman–Crippen LogP) is 7.29. The number of piperidine rings is 2. The second-order valence-electron chi connectivity index (χ2n) is 20.9. The van der Waals surface area contributed by atoms with Gasteiger partial charge in [-0.15, -0.1) is 0 Å². The van der Waals surface area contributed by atoms with E-state index in [4.69, 9.17) is 13.5 Å². The van der Waals surface area contributed by atoms with Gasteiger partial charge in [-0.05, 0) is 104 Å². The molecule has 2 aromatic carbocycles. The van der Waals surface area contributed by atoms with E-state index in [-0.39, 0.29) is 11.1 Å². The summed E-state index contributed by atoms with van der Waals surface area (Å²) in [5, 5.41) is 18.3. The van der Waals surface area contributed by atoms with E-state index in [1.54, 1.807) is 34.1 Å². The highest BCUT2D eigenvalue weighted by molar-refractivity contribution is 7.88. The van der Waals surface area contributed by atoms with Crippen molar-refractivity contribution in [2.24, 2.45) is 35.5 Å². The summed E-state index contributed by atoms with van der Waals surface area (Å²) in [6.07, 6.45) is 8.98. The van der Waals surface area contributed by atoms with Crippen molar-refractivity contribution in [1.29, 1.82) is 0 Å². The molecule has 4 aromatic heterocycles. The number of aliphatic hydroxyl groups excluding tert-OH is 1. The zero-order valence-corrected chi connectivity index (χ0v) is 44.3. The highest BCUT2D eigenvalue weighted by Crippen LogP contribution is 2.52. The maximum Gasteiger partial charge on any atom is 0.211 e. The molecule has 0 radical (unpaired) electrons. The van der Waals surface area contributed by atoms with Gasteiger partial charge in [0.25, 0.3) is 0 Å². The van der Waals surface area contributed by atoms with Crippen molar-refractivity contribution in [2.75, 3.05) is 38.7 Å². The standard InChI is InChI=1S/C29H38N4O4SSi.C23H24N4O4S/c1-20(37-39(6,7)29(2,3)4)28-30-14-15-32(28)17-23-16-27(36-31-23)22-11-8-21(9-12-22)10-13-24-25-18-33(19-26(24)25)38(5,34)35;1-15(28)23-24-9-10-26(23)12-18-11-22(31-25-18)17-6-3-16(4-7-17)5-8-19-20-13-27(14-21(19)20)32(2,29)30/h8-9,11-12,14-16,20,24-26H,17-19H2,1-7H3;3-4,6-7,9-11,15,19-21,28H,12-14H2,1-2H3/t20-,24?,25-,26+;15-,19?,20-,21+/m00/s1. The van der Waals surface area contributed by atoms with E-state index in [0.29, 0.717) is 92.1 Å². The van der Waals surface area contributed by atoms with Crippen LogP contribution in [0.5, 0.6) is 0 Å². The summed E-state index contributed by atoms with van der Waals surface area (Å²) in [6, 6.07) is 19.6. The number of fused-ring (bicyclic) bond motifs is 2. The average Bonchev–Trinajstić information content (AvgIpc) is 3.95. The molecular formula is C52H62N8O8S2Si. The summed E-state index contributed by atoms with van der Waals surface area (Å²) >= 11 is 0. The van der Waals surface area contributed by atoms with E-state index in [9.17, 15) is 21.9 Å². The Morgan fingerprint density at radius 1 is 0.690 bits per heavy atom. The van der Waals surface area contributed by atoms with Gasteiger partial charge in [0.2, 0.25) is 20.0 Å². The minimum atomic E-state index is -3.10. The summed E-state index contributed by atoms with van der Waals surface area (Å²) in [6.45, 7) is 18.4. The lowest BCUT2D eigenvalue weighted by molar-refractivity contribution is 0.184. The van der Waals surface area contributed by atoms with Gasteiger partial charge in [0.15, 0.2) is 19.8 Å². The number of sulfonamides is 2. The molecular weight excluding hydrogens is 957 g/mol. The molecule has 2 unspecified atom stereocenters. The topological polar surface area (TPSA) is 192 Å². The first-order valence-corrected chi connectivity index (χ1v) is 30.6. The van der Waals surface area contributed by atoms with E-state index < -0.39 is 34.5 Å². The molecule has 2 aliphatic heterocycles. The van der Waals surface area contributed by atoms with Crippen LogP contribution in [0.4, 0.5) is 0 Å². The number of nitrogens with zero attached hydrogens (tertiary/aromatic N) is 8. The summed E-state index contributed by atoms with van der Waals surface area (Å²) in [7, 11) is -8.12. The second kappa shape index (κ2) is 19.4. The van der Waals surface area contributed by atoms with Crippen molar-refractivity contribution in [2.45, 2.75) is 78.0 Å². The van der Waals surface area contributed by atoms with Crippen molar-refractivity contribution in [3.63, 3.8) is 0 Å². The molecule has 2 aliphatic carbocycles. The molecule has 2 saturated carbocycles. The number of aliphatic hydroxyl groups is 1. The fourth-order valence-corrected chi connectivity index (χ4v) is 12.5. The van der Waals surface area contributed by atoms with Crippen LogP contribution in [0, 0.1) is 59.2 Å². The molecule has 0 amide bonds. The van der Waals surface area contributed by atoms with Crippen LogP contribution in [-0.2, 0) is 37.6 Å². The minimum Gasteiger partial charge on any atom is -0.407 e. The average molecular weight is 1020 g/mol. The highest BCUT2D eigenvalue weighted by Gasteiger charge is 2.57. The van der Waals surface area contributed by atoms with Crippen LogP contribution in [0.15, 0.2) is 94.5 Å². The molecule has 8 atom stereocenters. The lowest BCUT2D eigenvalue weighted by Gasteiger charge is -2.38. The summed E-state index contributed by atoms with van der Waals surface area (Å²) in [5.74, 6) is 18.0. The summed E-state index contributed by atoms with van der Waals surface area (Å²) in [4.78, 5) is 8.75. The Morgan fingerprint density at radius 3 is 1.46 bits per heavy atom. The Hall–Kier alpha value is -5.64. The van der Waals surface area contributed by atoms with Crippen LogP contribution >= 0.6 is 0 Å². The van der Waals surface area contributed by atoms with Gasteiger partial charge < -0.3 is 27.7 Å². The third kappa shape index (κ3) is 11.4.